The highest BCUT2D eigenvalue weighted by Gasteiger charge is 2.21. The number of rotatable bonds is 9. The molecule has 20 nitrogen and oxygen atoms in total. The van der Waals surface area contributed by atoms with Crippen molar-refractivity contribution in [1.82, 2.24) is 49.1 Å². The van der Waals surface area contributed by atoms with Crippen LogP contribution in [0.2, 0.25) is 0 Å². The Morgan fingerprint density at radius 1 is 0.864 bits per heavy atom. The van der Waals surface area contributed by atoms with Gasteiger partial charge in [0.05, 0.1) is 36.5 Å². The second kappa shape index (κ2) is 11.4. The third-order valence-electron chi connectivity index (χ3n) is 6.24. The molecule has 0 radical (unpaired) electrons. The molecule has 0 aromatic carbocycles. The van der Waals surface area contributed by atoms with Crippen molar-refractivity contribution in [2.45, 2.75) is 13.8 Å². The van der Waals surface area contributed by atoms with E-state index in [-0.39, 0.29) is 63.8 Å². The maximum absolute atomic E-state index is 12.0. The number of nitrogens with zero attached hydrogens (tertiary/aromatic N) is 14. The van der Waals surface area contributed by atoms with Crippen LogP contribution >= 0.6 is 0 Å². The number of nitrogens with two attached hydrogens (primary N) is 2. The minimum Gasteiger partial charge on any atom is -0.465 e. The van der Waals surface area contributed by atoms with Gasteiger partial charge in [-0.15, -0.1) is 20.5 Å². The first kappa shape index (κ1) is 29.0. The zero-order valence-electron chi connectivity index (χ0n) is 23.9. The number of Topliss-reactive ketones (excluding diaryl/α,β-unsaturated/α-hetero) is 1. The van der Waals surface area contributed by atoms with Crippen LogP contribution < -0.4 is 11.5 Å². The SMILES string of the molecule is COC(=O)c1cnn(C)c1/N=N/c1c(C)nn(-c2nccc(-n3nc(C)c(/N=N/c4c(C(=O)C=O)cnn4C)c3N)n2)c1N. The highest BCUT2D eigenvalue weighted by atomic mass is 16.5. The number of esters is 1. The molecule has 0 saturated heterocycles. The number of aldehydes is 1. The first-order valence-corrected chi connectivity index (χ1v) is 12.5. The highest BCUT2D eigenvalue weighted by molar-refractivity contribution is 6.34. The van der Waals surface area contributed by atoms with Gasteiger partial charge in [0.15, 0.2) is 46.8 Å². The summed E-state index contributed by atoms with van der Waals surface area (Å²) in [5, 5.41) is 33.4. The molecular formula is C24H24N16O4. The number of ketones is 1. The smallest absolute Gasteiger partial charge is 0.343 e. The second-order valence-electron chi connectivity index (χ2n) is 9.06. The summed E-state index contributed by atoms with van der Waals surface area (Å²) in [5.41, 5.74) is 14.0. The molecule has 5 aromatic rings. The first-order chi connectivity index (χ1) is 21.0. The van der Waals surface area contributed by atoms with E-state index in [1.54, 1.807) is 34.0 Å². The first-order valence-electron chi connectivity index (χ1n) is 12.5. The van der Waals surface area contributed by atoms with Crippen molar-refractivity contribution in [2.24, 2.45) is 34.6 Å². The van der Waals surface area contributed by atoms with Gasteiger partial charge in [0, 0.05) is 26.4 Å². The zero-order chi connectivity index (χ0) is 31.7. The fourth-order valence-corrected chi connectivity index (χ4v) is 3.99. The van der Waals surface area contributed by atoms with Gasteiger partial charge >= 0.3 is 5.97 Å². The summed E-state index contributed by atoms with van der Waals surface area (Å²) < 4.78 is 10.0. The molecule has 4 N–H and O–H groups in total. The third-order valence-corrected chi connectivity index (χ3v) is 6.24. The lowest BCUT2D eigenvalue weighted by molar-refractivity contribution is -0.104. The largest absolute Gasteiger partial charge is 0.465 e. The molecule has 5 rings (SSSR count). The molecule has 0 spiro atoms. The Hall–Kier alpha value is -6.47. The number of anilines is 2. The Labute approximate surface area is 247 Å². The molecule has 5 heterocycles. The number of carbonyl (C=O) groups is 3. The Balaban J connectivity index is 1.47. The van der Waals surface area contributed by atoms with Gasteiger partial charge in [-0.2, -0.15) is 34.7 Å². The molecule has 0 aliphatic carbocycles. The molecule has 0 fully saturated rings. The maximum Gasteiger partial charge on any atom is 0.343 e. The minimum atomic E-state index is -0.790. The van der Waals surface area contributed by atoms with Crippen molar-refractivity contribution in [1.29, 1.82) is 0 Å². The van der Waals surface area contributed by atoms with Crippen LogP contribution in [0.4, 0.5) is 34.6 Å². The van der Waals surface area contributed by atoms with E-state index in [0.29, 0.717) is 11.4 Å². The van der Waals surface area contributed by atoms with Crippen molar-refractivity contribution in [3.05, 3.63) is 47.2 Å². The van der Waals surface area contributed by atoms with Gasteiger partial charge in [-0.1, -0.05) is 0 Å². The Morgan fingerprint density at radius 2 is 1.41 bits per heavy atom. The number of hydrogen-bond acceptors (Lipinski definition) is 16. The predicted octanol–water partition coefficient (Wildman–Crippen LogP) is 2.10. The van der Waals surface area contributed by atoms with E-state index in [0.717, 1.165) is 0 Å². The number of azo groups is 2. The van der Waals surface area contributed by atoms with Crippen molar-refractivity contribution >= 4 is 52.7 Å². The van der Waals surface area contributed by atoms with E-state index in [1.165, 1.54) is 44.4 Å². The number of ether oxygens (including phenoxy) is 1. The van der Waals surface area contributed by atoms with E-state index < -0.39 is 11.8 Å². The maximum atomic E-state index is 12.0. The topological polar surface area (TPSA) is 259 Å². The number of aromatic nitrogens is 10. The third kappa shape index (κ3) is 5.06. The van der Waals surface area contributed by atoms with E-state index in [4.69, 9.17) is 16.2 Å². The fourth-order valence-electron chi connectivity index (χ4n) is 3.99. The molecule has 0 unspecified atom stereocenters. The van der Waals surface area contributed by atoms with Crippen LogP contribution in [0.25, 0.3) is 11.8 Å². The van der Waals surface area contributed by atoms with Crippen LogP contribution in [0.3, 0.4) is 0 Å². The molecule has 5 aromatic heterocycles. The van der Waals surface area contributed by atoms with Crippen LogP contribution in [-0.4, -0.2) is 74.2 Å². The summed E-state index contributed by atoms with van der Waals surface area (Å²) in [6.07, 6.45) is 4.17. The molecule has 0 bridgehead atoms. The van der Waals surface area contributed by atoms with E-state index >= 15 is 0 Å². The van der Waals surface area contributed by atoms with E-state index in [1.807, 2.05) is 0 Å². The summed E-state index contributed by atoms with van der Waals surface area (Å²) in [5.74, 6) is -0.703. The molecular weight excluding hydrogens is 576 g/mol. The fraction of sp³-hybridized carbons (Fsp3) is 0.208. The Bertz CT molecular complexity index is 1990. The summed E-state index contributed by atoms with van der Waals surface area (Å²) in [4.78, 5) is 43.7. The predicted molar refractivity (Wildman–Crippen MR) is 151 cm³/mol. The van der Waals surface area contributed by atoms with Crippen LogP contribution in [0.1, 0.15) is 32.1 Å². The average molecular weight is 601 g/mol. The van der Waals surface area contributed by atoms with Gasteiger partial charge in [0.25, 0.3) is 5.95 Å². The molecule has 0 aliphatic rings. The average Bonchev–Trinajstić information content (AvgIpc) is 3.74. The molecule has 0 saturated carbocycles. The Morgan fingerprint density at radius 3 is 2.00 bits per heavy atom. The van der Waals surface area contributed by atoms with Crippen molar-refractivity contribution < 1.29 is 19.1 Å². The minimum absolute atomic E-state index is 0.00876. The van der Waals surface area contributed by atoms with Gasteiger partial charge in [0.1, 0.15) is 5.56 Å². The summed E-state index contributed by atoms with van der Waals surface area (Å²) in [6, 6.07) is 1.55. The standard InChI is InChI=1S/C24H24N16O4/c1-11-17(31-33-21-13(15(42)10-41)8-28-37(21)3)19(25)39(35-11)16-6-7-27-24(30-16)40-20(26)18(12(2)36-40)32-34-22-14(23(43)44-5)9-29-38(22)4/h6-10H,25-26H2,1-5H3/b33-31+,34-32+. The number of carbonyl (C=O) groups excluding carboxylic acids is 3. The van der Waals surface area contributed by atoms with Crippen molar-refractivity contribution in [3.63, 3.8) is 0 Å². The lowest BCUT2D eigenvalue weighted by Crippen LogP contribution is -2.10. The molecule has 0 aliphatic heterocycles. The zero-order valence-corrected chi connectivity index (χ0v) is 23.9. The van der Waals surface area contributed by atoms with Crippen LogP contribution in [0.15, 0.2) is 45.1 Å². The van der Waals surface area contributed by atoms with Gasteiger partial charge in [-0.3, -0.25) is 9.59 Å². The molecule has 44 heavy (non-hydrogen) atoms. The Kier molecular flexibility index (Phi) is 7.54. The molecule has 224 valence electrons. The monoisotopic (exact) mass is 600 g/mol. The normalized spacial score (nSPS) is 11.6. The van der Waals surface area contributed by atoms with Gasteiger partial charge in [0.2, 0.25) is 5.78 Å². The van der Waals surface area contributed by atoms with Gasteiger partial charge in [-0.25, -0.2) is 19.1 Å². The van der Waals surface area contributed by atoms with Crippen LogP contribution in [-0.2, 0) is 23.6 Å². The summed E-state index contributed by atoms with van der Waals surface area (Å²) in [7, 11) is 4.39. The van der Waals surface area contributed by atoms with Crippen molar-refractivity contribution in [2.75, 3.05) is 18.6 Å². The van der Waals surface area contributed by atoms with Gasteiger partial charge < -0.3 is 16.2 Å². The highest BCUT2D eigenvalue weighted by Crippen LogP contribution is 2.33. The molecule has 0 atom stereocenters. The number of methoxy groups -OCH3 is 1. The van der Waals surface area contributed by atoms with Crippen LogP contribution in [0, 0.1) is 13.8 Å². The van der Waals surface area contributed by atoms with Gasteiger partial charge in [-0.05, 0) is 13.8 Å². The number of aryl methyl sites for hydroxylation is 4. The molecule has 20 heteroatoms. The summed E-state index contributed by atoms with van der Waals surface area (Å²) in [6.45, 7) is 3.32. The van der Waals surface area contributed by atoms with E-state index in [2.05, 4.69) is 50.8 Å². The van der Waals surface area contributed by atoms with E-state index in [9.17, 15) is 14.4 Å². The number of hydrogen-bond donors (Lipinski definition) is 2. The number of nitrogen functional groups attached to an aromatic ring is 2. The second-order valence-corrected chi connectivity index (χ2v) is 9.06. The van der Waals surface area contributed by atoms with Crippen molar-refractivity contribution in [3.8, 4) is 11.8 Å². The summed E-state index contributed by atoms with van der Waals surface area (Å²) >= 11 is 0. The van der Waals surface area contributed by atoms with Crippen LogP contribution in [0.5, 0.6) is 0 Å². The lowest BCUT2D eigenvalue weighted by Gasteiger charge is -2.06. The molecule has 0 amide bonds. The quantitative estimate of drug-likeness (QED) is 0.0810. The lowest BCUT2D eigenvalue weighted by atomic mass is 10.2.